The van der Waals surface area contributed by atoms with E-state index >= 15 is 0 Å². The zero-order valence-corrected chi connectivity index (χ0v) is 27.1. The second kappa shape index (κ2) is 20.0. The average molecular weight is 611 g/mol. The van der Waals surface area contributed by atoms with Crippen molar-refractivity contribution in [3.05, 3.63) is 0 Å². The highest BCUT2D eigenvalue weighted by Gasteiger charge is 2.40. The van der Waals surface area contributed by atoms with Crippen LogP contribution in [0.15, 0.2) is 0 Å². The van der Waals surface area contributed by atoms with Gasteiger partial charge in [-0.15, -0.1) is 0 Å². The highest BCUT2D eigenvalue weighted by atomic mass is 32.2. The first kappa shape index (κ1) is 37.0. The van der Waals surface area contributed by atoms with Crippen molar-refractivity contribution in [2.24, 2.45) is 0 Å². The van der Waals surface area contributed by atoms with Gasteiger partial charge in [0.2, 0.25) is 20.0 Å². The summed E-state index contributed by atoms with van der Waals surface area (Å²) >= 11 is 0. The molecule has 0 aliphatic rings. The van der Waals surface area contributed by atoms with Gasteiger partial charge < -0.3 is 26.6 Å². The van der Waals surface area contributed by atoms with Crippen LogP contribution < -0.4 is 9.44 Å². The summed E-state index contributed by atoms with van der Waals surface area (Å²) in [6, 6.07) is 0.979. The van der Waals surface area contributed by atoms with Gasteiger partial charge in [0.25, 0.3) is 0 Å². The molecule has 0 saturated heterocycles. The second-order valence-electron chi connectivity index (χ2n) is 7.95. The van der Waals surface area contributed by atoms with E-state index in [4.69, 9.17) is 26.6 Å². The third kappa shape index (κ3) is 16.7. The monoisotopic (exact) mass is 610 g/mol. The van der Waals surface area contributed by atoms with Gasteiger partial charge in [0, 0.05) is 64.8 Å². The number of nitrogens with one attached hydrogen (secondary N) is 2. The maximum absolute atomic E-state index is 12.3. The predicted octanol–water partition coefficient (Wildman–Crippen LogP) is 2.09. The lowest BCUT2D eigenvalue weighted by atomic mass is 10.5. The molecule has 0 atom stereocenters. The Bertz CT molecular complexity index is 690. The molecule has 0 spiro atoms. The summed E-state index contributed by atoms with van der Waals surface area (Å²) in [5.74, 6) is -0.568. The maximum atomic E-state index is 12.3. The van der Waals surface area contributed by atoms with Gasteiger partial charge in [-0.3, -0.25) is 0 Å². The van der Waals surface area contributed by atoms with Gasteiger partial charge in [-0.05, 0) is 60.8 Å². The quantitative estimate of drug-likeness (QED) is 0.110. The van der Waals surface area contributed by atoms with E-state index in [0.29, 0.717) is 64.6 Å². The summed E-state index contributed by atoms with van der Waals surface area (Å²) in [6.45, 7) is 14.3. The van der Waals surface area contributed by atoms with Crippen LogP contribution in [0.2, 0.25) is 12.1 Å². The van der Waals surface area contributed by atoms with Crippen molar-refractivity contribution < 1.29 is 43.4 Å². The third-order valence-electron chi connectivity index (χ3n) is 4.98. The predicted molar refractivity (Wildman–Crippen MR) is 148 cm³/mol. The molecule has 12 nitrogen and oxygen atoms in total. The lowest BCUT2D eigenvalue weighted by Crippen LogP contribution is -2.46. The van der Waals surface area contributed by atoms with Gasteiger partial charge >= 0.3 is 17.6 Å². The summed E-state index contributed by atoms with van der Waals surface area (Å²) in [6.07, 6.45) is 0.957. The van der Waals surface area contributed by atoms with Crippen LogP contribution >= 0.6 is 0 Å². The molecule has 0 amide bonds. The molecule has 0 aromatic carbocycles. The Balaban J connectivity index is 4.51. The Hall–Kier alpha value is 0.0138. The van der Waals surface area contributed by atoms with E-state index in [9.17, 15) is 16.8 Å². The van der Waals surface area contributed by atoms with Crippen molar-refractivity contribution in [1.29, 1.82) is 0 Å². The summed E-state index contributed by atoms with van der Waals surface area (Å²) in [5.41, 5.74) is 0. The van der Waals surface area contributed by atoms with Crippen molar-refractivity contribution >= 4 is 37.7 Å². The number of hydrogen-bond donors (Lipinski definition) is 2. The molecule has 0 bridgehead atoms. The summed E-state index contributed by atoms with van der Waals surface area (Å²) in [5, 5.41) is 0. The van der Waals surface area contributed by atoms with Crippen LogP contribution in [0.25, 0.3) is 0 Å². The van der Waals surface area contributed by atoms with Gasteiger partial charge in [0.1, 0.15) is 0 Å². The molecule has 2 N–H and O–H groups in total. The molecule has 0 fully saturated rings. The van der Waals surface area contributed by atoms with Gasteiger partial charge in [0.05, 0.1) is 11.5 Å². The van der Waals surface area contributed by atoms with Gasteiger partial charge in [-0.2, -0.15) is 0 Å². The molecule has 0 aromatic rings. The number of rotatable bonds is 26. The van der Waals surface area contributed by atoms with E-state index in [2.05, 4.69) is 9.44 Å². The smallest absolute Gasteiger partial charge is 0.374 e. The van der Waals surface area contributed by atoms with Gasteiger partial charge in [-0.25, -0.2) is 26.3 Å². The summed E-state index contributed by atoms with van der Waals surface area (Å²) in [4.78, 5) is 0. The molecular formula is C21H50N2O10S2Si2. The molecule has 0 heterocycles. The van der Waals surface area contributed by atoms with Crippen molar-refractivity contribution in [2.45, 2.75) is 72.9 Å². The van der Waals surface area contributed by atoms with E-state index in [1.54, 1.807) is 0 Å². The first-order chi connectivity index (χ1) is 17.5. The minimum Gasteiger partial charge on any atom is -0.374 e. The fraction of sp³-hybridized carbons (Fsp3) is 1.00. The molecule has 0 saturated carbocycles. The second-order valence-corrected chi connectivity index (χ2v) is 17.3. The molecule has 0 radical (unpaired) electrons. The third-order valence-corrected chi connectivity index (χ3v) is 14.2. The molecule has 0 aliphatic heterocycles. The van der Waals surface area contributed by atoms with Crippen molar-refractivity contribution in [1.82, 2.24) is 9.44 Å². The molecule has 16 heteroatoms. The first-order valence-corrected chi connectivity index (χ1v) is 20.4. The Morgan fingerprint density at radius 3 is 1.00 bits per heavy atom. The minimum atomic E-state index is -3.62. The minimum absolute atomic E-state index is 0.0181. The van der Waals surface area contributed by atoms with E-state index in [-0.39, 0.29) is 31.0 Å². The molecule has 0 aromatic heterocycles. The average Bonchev–Trinajstić information content (AvgIpc) is 2.81. The largest absolute Gasteiger partial charge is 0.500 e. The fourth-order valence-electron chi connectivity index (χ4n) is 3.65. The fourth-order valence-corrected chi connectivity index (χ4v) is 11.3. The number of sulfonamides is 2. The van der Waals surface area contributed by atoms with E-state index in [1.165, 1.54) is 0 Å². The normalized spacial score (nSPS) is 13.4. The molecule has 0 unspecified atom stereocenters. The lowest BCUT2D eigenvalue weighted by Gasteiger charge is -2.28. The molecule has 224 valence electrons. The van der Waals surface area contributed by atoms with E-state index in [0.717, 1.165) is 0 Å². The topological polar surface area (TPSA) is 148 Å². The van der Waals surface area contributed by atoms with Crippen LogP contribution in [-0.4, -0.2) is 98.7 Å². The molecule has 0 rings (SSSR count). The maximum Gasteiger partial charge on any atom is 0.500 e. The Morgan fingerprint density at radius 1 is 0.486 bits per heavy atom. The van der Waals surface area contributed by atoms with Gasteiger partial charge in [-0.1, -0.05) is 0 Å². The zero-order valence-electron chi connectivity index (χ0n) is 23.5. The standard InChI is InChI=1S/C21H50N2O10S2Si2/c1-7-28-36(29-8-2,30-9-3)20-13-16-22-34(24,25)18-15-19-35(26,27)23-17-14-21-37(31-10-4,32-11-5)33-12-6/h22-23H,7-21H2,1-6H3. The molecular weight excluding hydrogens is 561 g/mol. The lowest BCUT2D eigenvalue weighted by molar-refractivity contribution is 0.0701. The van der Waals surface area contributed by atoms with E-state index < -0.39 is 37.7 Å². The highest BCUT2D eigenvalue weighted by molar-refractivity contribution is 7.90. The summed E-state index contributed by atoms with van der Waals surface area (Å²) < 4.78 is 88.9. The Labute approximate surface area is 227 Å². The van der Waals surface area contributed by atoms with E-state index in [1.807, 2.05) is 41.5 Å². The van der Waals surface area contributed by atoms with Crippen LogP contribution in [-0.2, 0) is 46.6 Å². The van der Waals surface area contributed by atoms with Crippen LogP contribution in [0.4, 0.5) is 0 Å². The number of hydrogen-bond acceptors (Lipinski definition) is 10. The van der Waals surface area contributed by atoms with Crippen molar-refractivity contribution in [3.63, 3.8) is 0 Å². The van der Waals surface area contributed by atoms with Crippen LogP contribution in [0, 0.1) is 0 Å². The van der Waals surface area contributed by atoms with Crippen LogP contribution in [0.1, 0.15) is 60.8 Å². The van der Waals surface area contributed by atoms with Crippen LogP contribution in [0.5, 0.6) is 0 Å². The zero-order chi connectivity index (χ0) is 28.3. The van der Waals surface area contributed by atoms with Crippen molar-refractivity contribution in [3.8, 4) is 0 Å². The van der Waals surface area contributed by atoms with Gasteiger partial charge in [0.15, 0.2) is 0 Å². The Kier molecular flexibility index (Phi) is 20.0. The Morgan fingerprint density at radius 2 is 0.757 bits per heavy atom. The van der Waals surface area contributed by atoms with Crippen LogP contribution in [0.3, 0.4) is 0 Å². The molecule has 0 aliphatic carbocycles. The molecule has 37 heavy (non-hydrogen) atoms. The highest BCUT2D eigenvalue weighted by Crippen LogP contribution is 2.19. The summed E-state index contributed by atoms with van der Waals surface area (Å²) in [7, 11) is -12.9. The van der Waals surface area contributed by atoms with Crippen molar-refractivity contribution in [2.75, 3.05) is 64.2 Å². The SMILES string of the molecule is CCO[Si](CCCNS(=O)(=O)CCCS(=O)(=O)NCCC[Si](OCC)(OCC)OCC)(OCC)OCC. The first-order valence-electron chi connectivity index (χ1n) is 13.3.